The largest absolute Gasteiger partial charge is 0.505 e. The molecule has 0 aliphatic carbocycles. The van der Waals surface area contributed by atoms with E-state index in [1.165, 1.54) is 18.2 Å². The number of pyridine rings is 1. The molecule has 0 amide bonds. The molecule has 28 heavy (non-hydrogen) atoms. The van der Waals surface area contributed by atoms with Gasteiger partial charge in [-0.3, -0.25) is 0 Å². The predicted molar refractivity (Wildman–Crippen MR) is 106 cm³/mol. The molecule has 5 heteroatoms. The number of fused-ring (bicyclic) bond motifs is 1. The minimum absolute atomic E-state index is 0.0145. The van der Waals surface area contributed by atoms with Crippen molar-refractivity contribution in [3.05, 3.63) is 101 Å². The highest BCUT2D eigenvalue weighted by Gasteiger charge is 2.21. The molecule has 1 aromatic heterocycles. The van der Waals surface area contributed by atoms with Gasteiger partial charge in [0.25, 0.3) is 0 Å². The molecule has 4 aromatic rings. The van der Waals surface area contributed by atoms with Crippen molar-refractivity contribution >= 4 is 16.6 Å². The summed E-state index contributed by atoms with van der Waals surface area (Å²) < 4.78 is 28.1. The average Bonchev–Trinajstić information content (AvgIpc) is 2.69. The number of phenols is 1. The van der Waals surface area contributed by atoms with Gasteiger partial charge < -0.3 is 10.4 Å². The Labute approximate surface area is 161 Å². The standard InChI is InChI=1S/C23H18F2N2O/c1-14-9-10-15-11-12-18(23(28)22(15)26-14)21(16-5-4-6-17(24)13-16)27-20-8-3-2-7-19(20)25/h2-13,21,27-28H,1H3/t21-/m1/s1. The van der Waals surface area contributed by atoms with Gasteiger partial charge in [0.05, 0.1) is 11.7 Å². The molecule has 0 fully saturated rings. The number of nitrogens with one attached hydrogen (secondary N) is 1. The summed E-state index contributed by atoms with van der Waals surface area (Å²) in [6.07, 6.45) is 0. The van der Waals surface area contributed by atoms with Crippen molar-refractivity contribution in [3.63, 3.8) is 0 Å². The van der Waals surface area contributed by atoms with E-state index in [-0.39, 0.29) is 11.4 Å². The number of halogens is 2. The summed E-state index contributed by atoms with van der Waals surface area (Å²) in [5.74, 6) is -0.857. The molecular formula is C23H18F2N2O. The second kappa shape index (κ2) is 7.27. The first-order valence-corrected chi connectivity index (χ1v) is 8.88. The van der Waals surface area contributed by atoms with E-state index in [0.29, 0.717) is 16.6 Å². The highest BCUT2D eigenvalue weighted by molar-refractivity contribution is 5.86. The molecule has 4 rings (SSSR count). The van der Waals surface area contributed by atoms with Crippen molar-refractivity contribution in [1.29, 1.82) is 0 Å². The lowest BCUT2D eigenvalue weighted by Gasteiger charge is -2.23. The Kier molecular flexibility index (Phi) is 4.65. The van der Waals surface area contributed by atoms with E-state index in [1.807, 2.05) is 25.1 Å². The summed E-state index contributed by atoms with van der Waals surface area (Å²) in [6, 6.07) is 18.9. The molecule has 1 heterocycles. The molecular weight excluding hydrogens is 358 g/mol. The SMILES string of the molecule is Cc1ccc2ccc([C@H](Nc3ccccc3F)c3cccc(F)c3)c(O)c2n1. The first kappa shape index (κ1) is 17.9. The van der Waals surface area contributed by atoms with Gasteiger partial charge in [0.15, 0.2) is 0 Å². The zero-order valence-electron chi connectivity index (χ0n) is 15.2. The maximum Gasteiger partial charge on any atom is 0.147 e. The summed E-state index contributed by atoms with van der Waals surface area (Å²) in [4.78, 5) is 4.43. The molecule has 3 aromatic carbocycles. The van der Waals surface area contributed by atoms with Crippen molar-refractivity contribution in [1.82, 2.24) is 4.98 Å². The summed E-state index contributed by atoms with van der Waals surface area (Å²) >= 11 is 0. The van der Waals surface area contributed by atoms with Crippen molar-refractivity contribution in [2.75, 3.05) is 5.32 Å². The summed E-state index contributed by atoms with van der Waals surface area (Å²) in [7, 11) is 0. The number of anilines is 1. The van der Waals surface area contributed by atoms with E-state index < -0.39 is 17.7 Å². The molecule has 0 aliphatic rings. The molecule has 3 nitrogen and oxygen atoms in total. The Morgan fingerprint density at radius 1 is 0.929 bits per heavy atom. The van der Waals surface area contributed by atoms with Crippen LogP contribution in [0, 0.1) is 18.6 Å². The molecule has 140 valence electrons. The molecule has 1 atom stereocenters. The van der Waals surface area contributed by atoms with Crippen molar-refractivity contribution in [2.24, 2.45) is 0 Å². The number of hydrogen-bond acceptors (Lipinski definition) is 3. The molecule has 2 N–H and O–H groups in total. The lowest BCUT2D eigenvalue weighted by molar-refractivity contribution is 0.471. The highest BCUT2D eigenvalue weighted by Crippen LogP contribution is 2.37. The molecule has 0 saturated heterocycles. The number of hydrogen-bond donors (Lipinski definition) is 2. The van der Waals surface area contributed by atoms with E-state index in [0.717, 1.165) is 11.1 Å². The van der Waals surface area contributed by atoms with E-state index in [1.54, 1.807) is 36.4 Å². The minimum atomic E-state index is -0.667. The van der Waals surface area contributed by atoms with Crippen LogP contribution in [-0.4, -0.2) is 10.1 Å². The highest BCUT2D eigenvalue weighted by atomic mass is 19.1. The monoisotopic (exact) mass is 376 g/mol. The van der Waals surface area contributed by atoms with Crippen LogP contribution in [0.15, 0.2) is 72.8 Å². The number of benzene rings is 3. The van der Waals surface area contributed by atoms with Crippen LogP contribution < -0.4 is 5.32 Å². The smallest absolute Gasteiger partial charge is 0.147 e. The lowest BCUT2D eigenvalue weighted by Crippen LogP contribution is -2.14. The van der Waals surface area contributed by atoms with Gasteiger partial charge in [0.2, 0.25) is 0 Å². The number of aromatic nitrogens is 1. The summed E-state index contributed by atoms with van der Waals surface area (Å²) in [6.45, 7) is 1.84. The zero-order valence-corrected chi connectivity index (χ0v) is 15.2. The molecule has 0 saturated carbocycles. The number of aryl methyl sites for hydroxylation is 1. The third-order valence-corrected chi connectivity index (χ3v) is 4.67. The number of rotatable bonds is 4. The van der Waals surface area contributed by atoms with Gasteiger partial charge in [0, 0.05) is 16.6 Å². The normalized spacial score (nSPS) is 12.1. The number of phenolic OH excluding ortho intramolecular Hbond substituents is 1. The predicted octanol–water partition coefficient (Wildman–Crippen LogP) is 5.73. The molecule has 0 radical (unpaired) electrons. The van der Waals surface area contributed by atoms with Crippen LogP contribution in [0.25, 0.3) is 10.9 Å². The lowest BCUT2D eigenvalue weighted by atomic mass is 9.95. The first-order chi connectivity index (χ1) is 13.5. The van der Waals surface area contributed by atoms with Gasteiger partial charge in [-0.2, -0.15) is 0 Å². The van der Waals surface area contributed by atoms with E-state index >= 15 is 0 Å². The van der Waals surface area contributed by atoms with Gasteiger partial charge in [-0.15, -0.1) is 0 Å². The van der Waals surface area contributed by atoms with Crippen LogP contribution in [0.5, 0.6) is 5.75 Å². The Hall–Kier alpha value is -3.47. The van der Waals surface area contributed by atoms with Crippen LogP contribution in [-0.2, 0) is 0 Å². The fourth-order valence-electron chi connectivity index (χ4n) is 3.28. The second-order valence-electron chi connectivity index (χ2n) is 6.64. The fraction of sp³-hybridized carbons (Fsp3) is 0.0870. The number of para-hydroxylation sites is 1. The van der Waals surface area contributed by atoms with Crippen molar-refractivity contribution < 1.29 is 13.9 Å². The van der Waals surface area contributed by atoms with Crippen LogP contribution in [0.1, 0.15) is 22.9 Å². The second-order valence-corrected chi connectivity index (χ2v) is 6.64. The van der Waals surface area contributed by atoms with E-state index in [9.17, 15) is 13.9 Å². The topological polar surface area (TPSA) is 45.1 Å². The van der Waals surface area contributed by atoms with E-state index in [2.05, 4.69) is 10.3 Å². The maximum atomic E-state index is 14.3. The Bertz CT molecular complexity index is 1160. The van der Waals surface area contributed by atoms with Crippen molar-refractivity contribution in [2.45, 2.75) is 13.0 Å². The minimum Gasteiger partial charge on any atom is -0.505 e. The number of nitrogens with zero attached hydrogens (tertiary/aromatic N) is 1. The van der Waals surface area contributed by atoms with Gasteiger partial charge in [0.1, 0.15) is 22.9 Å². The van der Waals surface area contributed by atoms with Gasteiger partial charge in [-0.1, -0.05) is 42.5 Å². The number of aromatic hydroxyl groups is 1. The molecule has 0 unspecified atom stereocenters. The molecule has 0 aliphatic heterocycles. The zero-order chi connectivity index (χ0) is 19.7. The van der Waals surface area contributed by atoms with Crippen LogP contribution in [0.3, 0.4) is 0 Å². The van der Waals surface area contributed by atoms with Crippen LogP contribution >= 0.6 is 0 Å². The average molecular weight is 376 g/mol. The van der Waals surface area contributed by atoms with Gasteiger partial charge in [-0.05, 0) is 42.8 Å². The Balaban J connectivity index is 1.89. The summed E-state index contributed by atoms with van der Waals surface area (Å²) in [5.41, 5.74) is 2.53. The summed E-state index contributed by atoms with van der Waals surface area (Å²) in [5, 5.41) is 14.8. The van der Waals surface area contributed by atoms with E-state index in [4.69, 9.17) is 0 Å². The molecule has 0 bridgehead atoms. The Morgan fingerprint density at radius 3 is 2.50 bits per heavy atom. The molecule has 0 spiro atoms. The third-order valence-electron chi connectivity index (χ3n) is 4.67. The van der Waals surface area contributed by atoms with Gasteiger partial charge >= 0.3 is 0 Å². The maximum absolute atomic E-state index is 14.3. The van der Waals surface area contributed by atoms with Crippen LogP contribution in [0.4, 0.5) is 14.5 Å². The third kappa shape index (κ3) is 3.39. The van der Waals surface area contributed by atoms with Gasteiger partial charge in [-0.25, -0.2) is 13.8 Å². The van der Waals surface area contributed by atoms with Crippen molar-refractivity contribution in [3.8, 4) is 5.75 Å². The quantitative estimate of drug-likeness (QED) is 0.478. The first-order valence-electron chi connectivity index (χ1n) is 8.88. The van der Waals surface area contributed by atoms with Crippen LogP contribution in [0.2, 0.25) is 0 Å². The Morgan fingerprint density at radius 2 is 1.71 bits per heavy atom. The fourth-order valence-corrected chi connectivity index (χ4v) is 3.28.